The molecule has 1 aliphatic carbocycles. The SMILES string of the molecule is CC(C)C(=O)Nc1ccc(C2OC(=O)N(Cc3ccccc3)C2C(=O)NC2CC2)cc1. The smallest absolute Gasteiger partial charge is 0.411 e. The van der Waals surface area contributed by atoms with Crippen molar-refractivity contribution in [2.24, 2.45) is 5.92 Å². The molecule has 0 spiro atoms. The van der Waals surface area contributed by atoms with Gasteiger partial charge in [0, 0.05) is 17.6 Å². The van der Waals surface area contributed by atoms with Gasteiger partial charge in [0.15, 0.2) is 12.1 Å². The fraction of sp³-hybridized carbons (Fsp3) is 0.375. The zero-order chi connectivity index (χ0) is 22.0. The number of carbonyl (C=O) groups is 3. The Bertz CT molecular complexity index is 955. The summed E-state index contributed by atoms with van der Waals surface area (Å²) in [5.74, 6) is -0.403. The van der Waals surface area contributed by atoms with Crippen LogP contribution in [-0.4, -0.2) is 34.9 Å². The van der Waals surface area contributed by atoms with Gasteiger partial charge in [0.05, 0.1) is 6.54 Å². The Morgan fingerprint density at radius 2 is 1.74 bits per heavy atom. The number of nitrogens with one attached hydrogen (secondary N) is 2. The van der Waals surface area contributed by atoms with Gasteiger partial charge in [-0.1, -0.05) is 56.3 Å². The van der Waals surface area contributed by atoms with E-state index in [1.165, 1.54) is 4.90 Å². The van der Waals surface area contributed by atoms with Gasteiger partial charge in [-0.2, -0.15) is 0 Å². The van der Waals surface area contributed by atoms with E-state index < -0.39 is 18.2 Å². The van der Waals surface area contributed by atoms with Crippen molar-refractivity contribution in [1.82, 2.24) is 10.2 Å². The highest BCUT2D eigenvalue weighted by atomic mass is 16.6. The van der Waals surface area contributed by atoms with Gasteiger partial charge in [-0.15, -0.1) is 0 Å². The number of amides is 3. The van der Waals surface area contributed by atoms with Crippen molar-refractivity contribution in [2.75, 3.05) is 5.32 Å². The molecule has 2 aromatic carbocycles. The van der Waals surface area contributed by atoms with Gasteiger partial charge < -0.3 is 15.4 Å². The summed E-state index contributed by atoms with van der Waals surface area (Å²) in [4.78, 5) is 39.2. The van der Waals surface area contributed by atoms with E-state index in [0.717, 1.165) is 18.4 Å². The predicted molar refractivity (Wildman–Crippen MR) is 116 cm³/mol. The van der Waals surface area contributed by atoms with Gasteiger partial charge >= 0.3 is 6.09 Å². The lowest BCUT2D eigenvalue weighted by Gasteiger charge is -2.24. The molecular formula is C24H27N3O4. The van der Waals surface area contributed by atoms with Gasteiger partial charge in [0.2, 0.25) is 11.8 Å². The van der Waals surface area contributed by atoms with Crippen LogP contribution in [0, 0.1) is 5.92 Å². The van der Waals surface area contributed by atoms with Crippen molar-refractivity contribution in [2.45, 2.75) is 51.4 Å². The average molecular weight is 421 g/mol. The molecule has 7 nitrogen and oxygen atoms in total. The van der Waals surface area contributed by atoms with Crippen LogP contribution in [0.1, 0.15) is 43.9 Å². The fourth-order valence-corrected chi connectivity index (χ4v) is 3.55. The second-order valence-electron chi connectivity index (χ2n) is 8.41. The molecule has 0 aromatic heterocycles. The summed E-state index contributed by atoms with van der Waals surface area (Å²) >= 11 is 0. The van der Waals surface area contributed by atoms with Crippen LogP contribution in [0.2, 0.25) is 0 Å². The third kappa shape index (κ3) is 4.87. The quantitative estimate of drug-likeness (QED) is 0.715. The van der Waals surface area contributed by atoms with E-state index in [0.29, 0.717) is 17.8 Å². The number of hydrogen-bond acceptors (Lipinski definition) is 4. The Hall–Kier alpha value is -3.35. The van der Waals surface area contributed by atoms with Crippen LogP contribution >= 0.6 is 0 Å². The molecule has 162 valence electrons. The molecule has 3 amide bonds. The summed E-state index contributed by atoms with van der Waals surface area (Å²) in [5, 5.41) is 5.85. The van der Waals surface area contributed by atoms with Crippen LogP contribution in [0.5, 0.6) is 0 Å². The van der Waals surface area contributed by atoms with E-state index in [2.05, 4.69) is 10.6 Å². The van der Waals surface area contributed by atoms with Gasteiger partial charge in [-0.05, 0) is 36.1 Å². The molecule has 2 unspecified atom stereocenters. The highest BCUT2D eigenvalue weighted by Gasteiger charge is 2.47. The molecule has 1 aliphatic heterocycles. The lowest BCUT2D eigenvalue weighted by molar-refractivity contribution is -0.126. The summed E-state index contributed by atoms with van der Waals surface area (Å²) in [6, 6.07) is 16.1. The van der Waals surface area contributed by atoms with Gasteiger partial charge in [0.1, 0.15) is 0 Å². The summed E-state index contributed by atoms with van der Waals surface area (Å²) in [6.45, 7) is 3.94. The van der Waals surface area contributed by atoms with Crippen molar-refractivity contribution >= 4 is 23.6 Å². The average Bonchev–Trinajstić information content (AvgIpc) is 3.51. The number of cyclic esters (lactones) is 1. The van der Waals surface area contributed by atoms with Crippen LogP contribution in [-0.2, 0) is 20.9 Å². The molecule has 2 atom stereocenters. The van der Waals surface area contributed by atoms with Gasteiger partial charge in [-0.3, -0.25) is 14.5 Å². The first-order valence-electron chi connectivity index (χ1n) is 10.6. The third-order valence-corrected chi connectivity index (χ3v) is 5.50. The Balaban J connectivity index is 1.56. The zero-order valence-electron chi connectivity index (χ0n) is 17.7. The minimum absolute atomic E-state index is 0.0734. The summed E-state index contributed by atoms with van der Waals surface area (Å²) in [7, 11) is 0. The lowest BCUT2D eigenvalue weighted by Crippen LogP contribution is -2.46. The Kier molecular flexibility index (Phi) is 5.93. The molecule has 2 N–H and O–H groups in total. The van der Waals surface area contributed by atoms with E-state index in [4.69, 9.17) is 4.74 Å². The molecule has 2 fully saturated rings. The maximum Gasteiger partial charge on any atom is 0.411 e. The summed E-state index contributed by atoms with van der Waals surface area (Å²) in [6.07, 6.45) is 0.689. The Morgan fingerprint density at radius 1 is 1.06 bits per heavy atom. The molecular weight excluding hydrogens is 394 g/mol. The first-order chi connectivity index (χ1) is 14.9. The van der Waals surface area contributed by atoms with Gasteiger partial charge in [-0.25, -0.2) is 4.79 Å². The highest BCUT2D eigenvalue weighted by molar-refractivity contribution is 5.92. The van der Waals surface area contributed by atoms with E-state index in [1.54, 1.807) is 24.3 Å². The number of hydrogen-bond donors (Lipinski definition) is 2. The second kappa shape index (κ2) is 8.79. The minimum atomic E-state index is -0.760. The third-order valence-electron chi connectivity index (χ3n) is 5.50. The van der Waals surface area contributed by atoms with Crippen molar-refractivity contribution in [3.63, 3.8) is 0 Å². The molecule has 0 bridgehead atoms. The maximum atomic E-state index is 13.1. The number of benzene rings is 2. The van der Waals surface area contributed by atoms with Crippen LogP contribution in [0.4, 0.5) is 10.5 Å². The number of carbonyl (C=O) groups excluding carboxylic acids is 3. The van der Waals surface area contributed by atoms with Crippen LogP contribution in [0.3, 0.4) is 0 Å². The first kappa shape index (κ1) is 20.9. The Labute approximate surface area is 181 Å². The number of rotatable bonds is 7. The normalized spacial score (nSPS) is 20.5. The number of ether oxygens (including phenoxy) is 1. The topological polar surface area (TPSA) is 87.7 Å². The summed E-state index contributed by atoms with van der Waals surface area (Å²) in [5.41, 5.74) is 2.30. The molecule has 7 heteroatoms. The highest BCUT2D eigenvalue weighted by Crippen LogP contribution is 2.35. The van der Waals surface area contributed by atoms with Gasteiger partial charge in [0.25, 0.3) is 0 Å². The number of nitrogens with zero attached hydrogens (tertiary/aromatic N) is 1. The van der Waals surface area contributed by atoms with E-state index in [-0.39, 0.29) is 23.8 Å². The predicted octanol–water partition coefficient (Wildman–Crippen LogP) is 3.62. The van der Waals surface area contributed by atoms with E-state index in [9.17, 15) is 14.4 Å². The molecule has 2 aromatic rings. The molecule has 0 radical (unpaired) electrons. The molecule has 2 aliphatic rings. The van der Waals surface area contributed by atoms with Crippen molar-refractivity contribution in [3.8, 4) is 0 Å². The molecule has 1 saturated heterocycles. The number of anilines is 1. The van der Waals surface area contributed by atoms with Crippen molar-refractivity contribution in [1.29, 1.82) is 0 Å². The second-order valence-corrected chi connectivity index (χ2v) is 8.41. The van der Waals surface area contributed by atoms with E-state index >= 15 is 0 Å². The molecule has 1 heterocycles. The maximum absolute atomic E-state index is 13.1. The molecule has 31 heavy (non-hydrogen) atoms. The van der Waals surface area contributed by atoms with Crippen LogP contribution in [0.25, 0.3) is 0 Å². The Morgan fingerprint density at radius 3 is 2.35 bits per heavy atom. The van der Waals surface area contributed by atoms with Crippen LogP contribution in [0.15, 0.2) is 54.6 Å². The van der Waals surface area contributed by atoms with Crippen molar-refractivity contribution < 1.29 is 19.1 Å². The largest absolute Gasteiger partial charge is 0.438 e. The lowest BCUT2D eigenvalue weighted by atomic mass is 10.00. The standard InChI is InChI=1S/C24H27N3O4/c1-15(2)22(28)25-18-10-8-17(9-11-18)21-20(23(29)26-19-12-13-19)27(24(30)31-21)14-16-6-4-3-5-7-16/h3-11,15,19-21H,12-14H2,1-2H3,(H,25,28)(H,26,29). The molecule has 4 rings (SSSR count). The first-order valence-corrected chi connectivity index (χ1v) is 10.6. The van der Waals surface area contributed by atoms with Crippen LogP contribution < -0.4 is 10.6 Å². The monoisotopic (exact) mass is 421 g/mol. The fourth-order valence-electron chi connectivity index (χ4n) is 3.55. The van der Waals surface area contributed by atoms with E-state index in [1.807, 2.05) is 44.2 Å². The minimum Gasteiger partial charge on any atom is -0.438 e. The van der Waals surface area contributed by atoms with Crippen molar-refractivity contribution in [3.05, 3.63) is 65.7 Å². The summed E-state index contributed by atoms with van der Waals surface area (Å²) < 4.78 is 5.67. The zero-order valence-corrected chi connectivity index (χ0v) is 17.7. The molecule has 1 saturated carbocycles.